The molecule has 0 spiro atoms. The van der Waals surface area contributed by atoms with Gasteiger partial charge in [-0.15, -0.1) is 12.4 Å². The third kappa shape index (κ3) is 7.42. The Morgan fingerprint density at radius 3 is 2.36 bits per heavy atom. The zero-order chi connectivity index (χ0) is 7.98. The number of halogens is 1. The summed E-state index contributed by atoms with van der Waals surface area (Å²) in [6.45, 7) is 2.80. The quantitative estimate of drug-likeness (QED) is 0.196. The smallest absolute Gasteiger partial charge is 0.202 e. The lowest BCUT2D eigenvalue weighted by atomic mass is 10.2. The van der Waals surface area contributed by atoms with Crippen LogP contribution >= 0.6 is 12.4 Å². The molecular formula is C6H17ClN4. The van der Waals surface area contributed by atoms with Gasteiger partial charge in [-0.3, -0.25) is 10.4 Å². The average molecular weight is 181 g/mol. The Morgan fingerprint density at radius 2 is 2.00 bits per heavy atom. The Morgan fingerprint density at radius 1 is 1.45 bits per heavy atom. The van der Waals surface area contributed by atoms with E-state index in [1.54, 1.807) is 0 Å². The van der Waals surface area contributed by atoms with Crippen molar-refractivity contribution in [3.8, 4) is 0 Å². The first kappa shape index (κ1) is 13.1. The van der Waals surface area contributed by atoms with Crippen LogP contribution in [-0.2, 0) is 0 Å². The van der Waals surface area contributed by atoms with Gasteiger partial charge in [0.2, 0.25) is 5.96 Å². The summed E-state index contributed by atoms with van der Waals surface area (Å²) < 4.78 is 0. The number of nitrogens with one attached hydrogen (secondary N) is 1. The highest BCUT2D eigenvalue weighted by atomic mass is 35.5. The van der Waals surface area contributed by atoms with Crippen LogP contribution in [0.5, 0.6) is 0 Å². The van der Waals surface area contributed by atoms with Crippen molar-refractivity contribution < 1.29 is 0 Å². The second kappa shape index (κ2) is 7.63. The van der Waals surface area contributed by atoms with Crippen LogP contribution in [0.25, 0.3) is 0 Å². The lowest BCUT2D eigenvalue weighted by molar-refractivity contribution is 0.414. The molecule has 5 heteroatoms. The van der Waals surface area contributed by atoms with Crippen molar-refractivity contribution in [1.82, 2.24) is 5.01 Å². The Kier molecular flexibility index (Phi) is 9.10. The van der Waals surface area contributed by atoms with Crippen molar-refractivity contribution in [2.45, 2.75) is 26.2 Å². The number of nitrogens with zero attached hydrogens (tertiary/aromatic N) is 1. The minimum absolute atomic E-state index is 0. The van der Waals surface area contributed by atoms with E-state index >= 15 is 0 Å². The third-order valence-corrected chi connectivity index (χ3v) is 1.31. The van der Waals surface area contributed by atoms with E-state index in [2.05, 4.69) is 6.92 Å². The zero-order valence-corrected chi connectivity index (χ0v) is 7.66. The predicted octanol–water partition coefficient (Wildman–Crippen LogP) is 0.668. The van der Waals surface area contributed by atoms with Crippen molar-refractivity contribution in [1.29, 1.82) is 5.41 Å². The summed E-state index contributed by atoms with van der Waals surface area (Å²) in [6, 6.07) is 0. The number of hydrazine groups is 1. The van der Waals surface area contributed by atoms with Gasteiger partial charge in [0.15, 0.2) is 0 Å². The summed E-state index contributed by atoms with van der Waals surface area (Å²) in [5.74, 6) is 5.28. The maximum absolute atomic E-state index is 6.91. The van der Waals surface area contributed by atoms with Gasteiger partial charge in [0.05, 0.1) is 0 Å². The molecule has 0 aliphatic heterocycles. The maximum atomic E-state index is 6.91. The number of guanidine groups is 1. The number of hydrogen-bond acceptors (Lipinski definition) is 2. The van der Waals surface area contributed by atoms with Crippen LogP contribution in [0.3, 0.4) is 0 Å². The van der Waals surface area contributed by atoms with E-state index < -0.39 is 0 Å². The molecule has 0 bridgehead atoms. The molecule has 0 saturated carbocycles. The second-order valence-corrected chi connectivity index (χ2v) is 2.29. The van der Waals surface area contributed by atoms with Gasteiger partial charge in [-0.25, -0.2) is 5.84 Å². The van der Waals surface area contributed by atoms with Gasteiger partial charge in [-0.05, 0) is 6.42 Å². The van der Waals surface area contributed by atoms with E-state index in [1.807, 2.05) is 0 Å². The van der Waals surface area contributed by atoms with Gasteiger partial charge in [0.25, 0.3) is 0 Å². The van der Waals surface area contributed by atoms with Crippen molar-refractivity contribution in [3.63, 3.8) is 0 Å². The number of rotatable bonds is 4. The van der Waals surface area contributed by atoms with E-state index in [0.29, 0.717) is 6.54 Å². The van der Waals surface area contributed by atoms with Crippen molar-refractivity contribution in [2.24, 2.45) is 11.6 Å². The summed E-state index contributed by atoms with van der Waals surface area (Å²) in [5, 5.41) is 8.17. The van der Waals surface area contributed by atoms with E-state index in [0.717, 1.165) is 19.3 Å². The Labute approximate surface area is 73.8 Å². The normalized spacial score (nSPS) is 8.55. The standard InChI is InChI=1S/C6H16N4.ClH/c1-2-3-4-5-10(9)6(7)8;/h2-5,9H2,1H3,(H3,7,8);1H. The van der Waals surface area contributed by atoms with Gasteiger partial charge in [-0.2, -0.15) is 0 Å². The molecule has 5 N–H and O–H groups in total. The fourth-order valence-corrected chi connectivity index (χ4v) is 0.653. The van der Waals surface area contributed by atoms with Gasteiger partial charge in [-0.1, -0.05) is 19.8 Å². The van der Waals surface area contributed by atoms with Crippen LogP contribution in [-0.4, -0.2) is 17.5 Å². The minimum Gasteiger partial charge on any atom is -0.369 e. The van der Waals surface area contributed by atoms with E-state index in [1.165, 1.54) is 5.01 Å². The van der Waals surface area contributed by atoms with Gasteiger partial charge >= 0.3 is 0 Å². The molecule has 4 nitrogen and oxygen atoms in total. The molecule has 0 rings (SSSR count). The molecule has 0 aromatic heterocycles. The molecule has 0 radical (unpaired) electrons. The summed E-state index contributed by atoms with van der Waals surface area (Å²) in [4.78, 5) is 0. The van der Waals surface area contributed by atoms with Gasteiger partial charge < -0.3 is 5.73 Å². The van der Waals surface area contributed by atoms with E-state index in [9.17, 15) is 0 Å². The fraction of sp³-hybridized carbons (Fsp3) is 0.833. The van der Waals surface area contributed by atoms with Crippen LogP contribution in [0, 0.1) is 5.41 Å². The van der Waals surface area contributed by atoms with Gasteiger partial charge in [0, 0.05) is 6.54 Å². The van der Waals surface area contributed by atoms with Crippen LogP contribution in [0.15, 0.2) is 0 Å². The molecule has 0 amide bonds. The van der Waals surface area contributed by atoms with Crippen molar-refractivity contribution in [3.05, 3.63) is 0 Å². The highest BCUT2D eigenvalue weighted by Crippen LogP contribution is 1.93. The Hall–Kier alpha value is -0.480. The van der Waals surface area contributed by atoms with Crippen molar-refractivity contribution in [2.75, 3.05) is 6.54 Å². The lowest BCUT2D eigenvalue weighted by Crippen LogP contribution is -2.42. The van der Waals surface area contributed by atoms with E-state index in [4.69, 9.17) is 17.0 Å². The Bertz CT molecular complexity index is 107. The molecular weight excluding hydrogens is 164 g/mol. The van der Waals surface area contributed by atoms with Gasteiger partial charge in [0.1, 0.15) is 0 Å². The molecule has 0 saturated heterocycles. The average Bonchev–Trinajstić information content (AvgIpc) is 1.88. The van der Waals surface area contributed by atoms with Crippen LogP contribution in [0.2, 0.25) is 0 Å². The number of unbranched alkanes of at least 4 members (excludes halogenated alkanes) is 2. The van der Waals surface area contributed by atoms with Crippen LogP contribution in [0.4, 0.5) is 0 Å². The largest absolute Gasteiger partial charge is 0.369 e. The molecule has 0 aromatic carbocycles. The molecule has 0 aliphatic rings. The summed E-state index contributed by atoms with van der Waals surface area (Å²) in [5.41, 5.74) is 5.10. The first-order valence-electron chi connectivity index (χ1n) is 3.54. The molecule has 68 valence electrons. The lowest BCUT2D eigenvalue weighted by Gasteiger charge is -2.14. The highest BCUT2D eigenvalue weighted by Gasteiger charge is 1.97. The van der Waals surface area contributed by atoms with Crippen LogP contribution in [0.1, 0.15) is 26.2 Å². The summed E-state index contributed by atoms with van der Waals surface area (Å²) >= 11 is 0. The minimum atomic E-state index is -0.0592. The number of nitrogens with two attached hydrogens (primary N) is 2. The molecule has 0 aromatic rings. The topological polar surface area (TPSA) is 79.1 Å². The zero-order valence-electron chi connectivity index (χ0n) is 6.84. The maximum Gasteiger partial charge on any atom is 0.202 e. The fourth-order valence-electron chi connectivity index (χ4n) is 0.653. The first-order chi connectivity index (χ1) is 4.68. The predicted molar refractivity (Wildman–Crippen MR) is 49.6 cm³/mol. The molecule has 0 atom stereocenters. The summed E-state index contributed by atoms with van der Waals surface area (Å²) in [7, 11) is 0. The van der Waals surface area contributed by atoms with E-state index in [-0.39, 0.29) is 18.4 Å². The molecule has 0 unspecified atom stereocenters. The molecule has 11 heavy (non-hydrogen) atoms. The molecule has 0 heterocycles. The molecule has 0 fully saturated rings. The second-order valence-electron chi connectivity index (χ2n) is 2.29. The first-order valence-corrected chi connectivity index (χ1v) is 3.54. The monoisotopic (exact) mass is 180 g/mol. The SMILES string of the molecule is CCCCCN(N)C(=N)N.Cl. The van der Waals surface area contributed by atoms with Crippen LogP contribution < -0.4 is 11.6 Å². The highest BCUT2D eigenvalue weighted by molar-refractivity contribution is 5.85. The number of hydrogen-bond donors (Lipinski definition) is 3. The summed E-state index contributed by atoms with van der Waals surface area (Å²) in [6.07, 6.45) is 3.30. The third-order valence-electron chi connectivity index (χ3n) is 1.31. The van der Waals surface area contributed by atoms with Crippen molar-refractivity contribution >= 4 is 18.4 Å². The molecule has 0 aliphatic carbocycles. The Balaban J connectivity index is 0.